The zero-order valence-corrected chi connectivity index (χ0v) is 38.9. The van der Waals surface area contributed by atoms with Gasteiger partial charge in [-0.25, -0.2) is 0 Å². The highest BCUT2D eigenvalue weighted by Gasteiger charge is 2.25. The molecular formula is C53H106N2. The van der Waals surface area contributed by atoms with Gasteiger partial charge < -0.3 is 9.80 Å². The smallest absolute Gasteiger partial charge is 0.101 e. The van der Waals surface area contributed by atoms with Gasteiger partial charge in [-0.15, -0.1) is 0 Å². The summed E-state index contributed by atoms with van der Waals surface area (Å²) in [6.45, 7) is 9.50. The monoisotopic (exact) mass is 771 g/mol. The molecule has 1 heterocycles. The van der Waals surface area contributed by atoms with Crippen molar-refractivity contribution < 1.29 is 0 Å². The maximum Gasteiger partial charge on any atom is 0.101 e. The minimum absolute atomic E-state index is 0.635. The molecule has 2 nitrogen and oxygen atoms in total. The first-order valence-corrected chi connectivity index (χ1v) is 26.5. The lowest BCUT2D eigenvalue weighted by Gasteiger charge is -2.33. The van der Waals surface area contributed by atoms with Crippen molar-refractivity contribution in [1.29, 1.82) is 0 Å². The van der Waals surface area contributed by atoms with E-state index in [1.165, 1.54) is 302 Å². The first-order chi connectivity index (χ1) is 27.3. The largest absolute Gasteiger partial charge is 0.356 e. The van der Waals surface area contributed by atoms with Crippen LogP contribution in [0.2, 0.25) is 0 Å². The van der Waals surface area contributed by atoms with Crippen LogP contribution in [0.5, 0.6) is 0 Å². The van der Waals surface area contributed by atoms with E-state index in [1.807, 2.05) is 0 Å². The first-order valence-electron chi connectivity index (χ1n) is 26.5. The molecule has 1 aliphatic heterocycles. The second kappa shape index (κ2) is 44.4. The Hall–Kier alpha value is -0.660. The fourth-order valence-corrected chi connectivity index (χ4v) is 9.19. The predicted molar refractivity (Wildman–Crippen MR) is 251 cm³/mol. The number of rotatable bonds is 47. The summed E-state index contributed by atoms with van der Waals surface area (Å²) in [5, 5.41) is 0. The minimum Gasteiger partial charge on any atom is -0.356 e. The molecule has 0 spiro atoms. The van der Waals surface area contributed by atoms with E-state index < -0.39 is 0 Å². The summed E-state index contributed by atoms with van der Waals surface area (Å²) < 4.78 is 0. The molecule has 0 aliphatic carbocycles. The maximum absolute atomic E-state index is 2.75. The van der Waals surface area contributed by atoms with E-state index in [2.05, 4.69) is 43.0 Å². The van der Waals surface area contributed by atoms with Crippen LogP contribution in [0.1, 0.15) is 310 Å². The average molecular weight is 771 g/mol. The molecule has 0 aromatic rings. The summed E-state index contributed by atoms with van der Waals surface area (Å²) in [4.78, 5) is 5.49. The normalized spacial score (nSPS) is 14.3. The Morgan fingerprint density at radius 1 is 0.236 bits per heavy atom. The molecule has 328 valence electrons. The predicted octanol–water partition coefficient (Wildman–Crippen LogP) is 19.0. The fourth-order valence-electron chi connectivity index (χ4n) is 9.19. The van der Waals surface area contributed by atoms with Crippen molar-refractivity contribution in [1.82, 2.24) is 9.80 Å². The number of hydrogen-bond donors (Lipinski definition) is 0. The highest BCUT2D eigenvalue weighted by Crippen LogP contribution is 2.24. The third kappa shape index (κ3) is 36.2. The van der Waals surface area contributed by atoms with Crippen molar-refractivity contribution in [2.24, 2.45) is 0 Å². The van der Waals surface area contributed by atoms with Gasteiger partial charge in [0.05, 0.1) is 0 Å². The van der Waals surface area contributed by atoms with E-state index in [0.717, 1.165) is 0 Å². The Morgan fingerprint density at radius 3 is 0.636 bits per heavy atom. The Kier molecular flexibility index (Phi) is 42.3. The SMILES string of the molecule is CCCCCCCCCCCCCCCCCCN1C=CN(CCCCCCCCCCCCCCCCC)C1CCCCCCCCCCCCCCC. The molecule has 0 saturated heterocycles. The van der Waals surface area contributed by atoms with Gasteiger partial charge in [0.2, 0.25) is 0 Å². The van der Waals surface area contributed by atoms with Gasteiger partial charge >= 0.3 is 0 Å². The van der Waals surface area contributed by atoms with Crippen molar-refractivity contribution in [3.8, 4) is 0 Å². The topological polar surface area (TPSA) is 6.48 Å². The van der Waals surface area contributed by atoms with Crippen LogP contribution in [0, 0.1) is 0 Å². The van der Waals surface area contributed by atoms with Crippen LogP contribution in [-0.4, -0.2) is 29.1 Å². The molecular weight excluding hydrogens is 665 g/mol. The van der Waals surface area contributed by atoms with Crippen LogP contribution >= 0.6 is 0 Å². The van der Waals surface area contributed by atoms with E-state index in [4.69, 9.17) is 0 Å². The fraction of sp³-hybridized carbons (Fsp3) is 0.962. The molecule has 1 aliphatic rings. The van der Waals surface area contributed by atoms with Crippen molar-refractivity contribution in [3.05, 3.63) is 12.4 Å². The van der Waals surface area contributed by atoms with E-state index in [9.17, 15) is 0 Å². The van der Waals surface area contributed by atoms with Crippen molar-refractivity contribution in [3.63, 3.8) is 0 Å². The Balaban J connectivity index is 2.19. The third-order valence-corrected chi connectivity index (χ3v) is 13.1. The lowest BCUT2D eigenvalue weighted by Crippen LogP contribution is -2.39. The molecule has 0 saturated carbocycles. The summed E-state index contributed by atoms with van der Waals surface area (Å²) in [7, 11) is 0. The molecule has 0 aromatic carbocycles. The van der Waals surface area contributed by atoms with E-state index in [1.54, 1.807) is 0 Å². The minimum atomic E-state index is 0.635. The molecule has 0 aromatic heterocycles. The standard InChI is InChI=1S/C53H106N2/c1-4-7-10-13-16-19-22-25-27-29-32-35-38-41-44-47-50-55-52-51-54(49-46-43-40-37-34-31-28-26-23-20-17-14-11-8-5-2)53(55)48-45-42-39-36-33-30-24-21-18-15-12-9-6-3/h51-53H,4-50H2,1-3H3. The maximum atomic E-state index is 2.75. The Morgan fingerprint density at radius 2 is 0.418 bits per heavy atom. The molecule has 1 rings (SSSR count). The molecule has 0 amide bonds. The summed E-state index contributed by atoms with van der Waals surface area (Å²) in [6, 6.07) is 0. The van der Waals surface area contributed by atoms with Crippen molar-refractivity contribution in [2.75, 3.05) is 13.1 Å². The van der Waals surface area contributed by atoms with Crippen LogP contribution in [-0.2, 0) is 0 Å². The zero-order valence-electron chi connectivity index (χ0n) is 38.9. The Labute approximate surface area is 350 Å². The lowest BCUT2D eigenvalue weighted by molar-refractivity contribution is 0.135. The molecule has 0 fully saturated rings. The summed E-state index contributed by atoms with van der Waals surface area (Å²) in [5.41, 5.74) is 0. The van der Waals surface area contributed by atoms with E-state index in [0.29, 0.717) is 6.17 Å². The van der Waals surface area contributed by atoms with Crippen LogP contribution < -0.4 is 0 Å². The van der Waals surface area contributed by atoms with Crippen molar-refractivity contribution >= 4 is 0 Å². The summed E-state index contributed by atoms with van der Waals surface area (Å²) >= 11 is 0. The molecule has 2 heteroatoms. The second-order valence-corrected chi connectivity index (χ2v) is 18.5. The number of nitrogens with zero attached hydrogens (tertiary/aromatic N) is 2. The van der Waals surface area contributed by atoms with Crippen molar-refractivity contribution in [2.45, 2.75) is 316 Å². The van der Waals surface area contributed by atoms with Gasteiger partial charge in [0, 0.05) is 25.5 Å². The van der Waals surface area contributed by atoms with Gasteiger partial charge in [-0.3, -0.25) is 0 Å². The van der Waals surface area contributed by atoms with Crippen LogP contribution in [0.15, 0.2) is 12.4 Å². The molecule has 0 N–H and O–H groups in total. The molecule has 55 heavy (non-hydrogen) atoms. The molecule has 1 unspecified atom stereocenters. The Bertz CT molecular complexity index is 732. The van der Waals surface area contributed by atoms with Gasteiger partial charge in [0.25, 0.3) is 0 Å². The average Bonchev–Trinajstić information content (AvgIpc) is 3.58. The van der Waals surface area contributed by atoms with Gasteiger partial charge in [0.15, 0.2) is 0 Å². The van der Waals surface area contributed by atoms with Crippen LogP contribution in [0.4, 0.5) is 0 Å². The highest BCUT2D eigenvalue weighted by atomic mass is 15.4. The van der Waals surface area contributed by atoms with Crippen LogP contribution in [0.3, 0.4) is 0 Å². The van der Waals surface area contributed by atoms with Gasteiger partial charge in [-0.05, 0) is 25.7 Å². The first kappa shape index (κ1) is 52.4. The van der Waals surface area contributed by atoms with Gasteiger partial charge in [0.1, 0.15) is 6.17 Å². The van der Waals surface area contributed by atoms with Gasteiger partial charge in [-0.2, -0.15) is 0 Å². The van der Waals surface area contributed by atoms with E-state index >= 15 is 0 Å². The highest BCUT2D eigenvalue weighted by molar-refractivity contribution is 4.97. The molecule has 1 atom stereocenters. The molecule has 0 radical (unpaired) electrons. The van der Waals surface area contributed by atoms with Crippen LogP contribution in [0.25, 0.3) is 0 Å². The third-order valence-electron chi connectivity index (χ3n) is 13.1. The van der Waals surface area contributed by atoms with Gasteiger partial charge in [-0.1, -0.05) is 284 Å². The second-order valence-electron chi connectivity index (χ2n) is 18.5. The number of unbranched alkanes of at least 4 members (excludes halogenated alkanes) is 41. The molecule has 0 bridgehead atoms. The quantitative estimate of drug-likeness (QED) is 0.0569. The lowest BCUT2D eigenvalue weighted by atomic mass is 10.0. The zero-order chi connectivity index (χ0) is 39.4. The van der Waals surface area contributed by atoms with E-state index in [-0.39, 0.29) is 0 Å². The summed E-state index contributed by atoms with van der Waals surface area (Å²) in [6.07, 6.45) is 70.8. The summed E-state index contributed by atoms with van der Waals surface area (Å²) in [5.74, 6) is 0. The number of hydrogen-bond acceptors (Lipinski definition) is 2.